The molecule has 0 aromatic rings. The van der Waals surface area contributed by atoms with E-state index < -0.39 is 0 Å². The van der Waals surface area contributed by atoms with Gasteiger partial charge in [-0.05, 0) is 33.1 Å². The summed E-state index contributed by atoms with van der Waals surface area (Å²) in [6.45, 7) is 8.91. The zero-order valence-corrected chi connectivity index (χ0v) is 11.1. The molecule has 0 bridgehead atoms. The quantitative estimate of drug-likeness (QED) is 0.379. The fourth-order valence-electron chi connectivity index (χ4n) is 2.17. The van der Waals surface area contributed by atoms with Gasteiger partial charge in [0.25, 0.3) is 0 Å². The third kappa shape index (κ3) is 4.13. The van der Waals surface area contributed by atoms with Gasteiger partial charge >= 0.3 is 0 Å². The van der Waals surface area contributed by atoms with E-state index in [0.717, 1.165) is 32.3 Å². The van der Waals surface area contributed by atoms with Crippen LogP contribution in [-0.4, -0.2) is 18.2 Å². The Morgan fingerprint density at radius 3 is 2.31 bits per heavy atom. The second-order valence-electron chi connectivity index (χ2n) is 3.89. The van der Waals surface area contributed by atoms with Crippen molar-refractivity contribution in [1.29, 1.82) is 0 Å². The van der Waals surface area contributed by atoms with Crippen LogP contribution in [0.5, 0.6) is 0 Å². The molecule has 0 saturated heterocycles. The summed E-state index contributed by atoms with van der Waals surface area (Å²) in [5.41, 5.74) is 2.74. The molecule has 0 rings (SSSR count). The van der Waals surface area contributed by atoms with Crippen molar-refractivity contribution in [1.82, 2.24) is 5.43 Å². The lowest BCUT2D eigenvalue weighted by Gasteiger charge is -2.38. The number of nitrogens with two attached hydrogens (primary N) is 1. The van der Waals surface area contributed by atoms with Gasteiger partial charge in [0.15, 0.2) is 0 Å². The Labute approximate surface area is 100 Å². The van der Waals surface area contributed by atoms with E-state index in [1.54, 1.807) is 0 Å². The molecule has 3 nitrogen and oxygen atoms in total. The summed E-state index contributed by atoms with van der Waals surface area (Å²) in [6, 6.07) is 0.170. The fraction of sp³-hybridized carbons (Fsp3) is 0.846. The first-order valence-electron chi connectivity index (χ1n) is 6.20. The molecule has 0 aliphatic heterocycles. The maximum Gasteiger partial charge on any atom is 0.0843 e. The highest BCUT2D eigenvalue weighted by atomic mass is 16.5. The summed E-state index contributed by atoms with van der Waals surface area (Å²) >= 11 is 0. The summed E-state index contributed by atoms with van der Waals surface area (Å²) < 4.78 is 5.92. The second kappa shape index (κ2) is 8.58. The van der Waals surface area contributed by atoms with Crippen LogP contribution in [0.3, 0.4) is 0 Å². The monoisotopic (exact) mass is 226 g/mol. The van der Waals surface area contributed by atoms with Crippen LogP contribution in [-0.2, 0) is 4.74 Å². The summed E-state index contributed by atoms with van der Waals surface area (Å²) in [7, 11) is 0. The molecule has 0 amide bonds. The zero-order chi connectivity index (χ0) is 12.4. The molecule has 0 aromatic carbocycles. The van der Waals surface area contributed by atoms with Gasteiger partial charge in [-0.15, -0.1) is 11.8 Å². The maximum absolute atomic E-state index is 5.92. The minimum Gasteiger partial charge on any atom is -0.374 e. The zero-order valence-electron chi connectivity index (χ0n) is 11.1. The van der Waals surface area contributed by atoms with Crippen LogP contribution < -0.4 is 11.3 Å². The molecular formula is C13H26N2O. The van der Waals surface area contributed by atoms with Crippen molar-refractivity contribution in [2.75, 3.05) is 6.61 Å². The molecule has 0 heterocycles. The van der Waals surface area contributed by atoms with E-state index in [9.17, 15) is 0 Å². The van der Waals surface area contributed by atoms with Crippen molar-refractivity contribution in [2.24, 2.45) is 5.84 Å². The van der Waals surface area contributed by atoms with Crippen LogP contribution in [0.25, 0.3) is 0 Å². The summed E-state index contributed by atoms with van der Waals surface area (Å²) in [4.78, 5) is 0. The van der Waals surface area contributed by atoms with Gasteiger partial charge in [-0.1, -0.05) is 13.8 Å². The van der Waals surface area contributed by atoms with Crippen molar-refractivity contribution in [3.63, 3.8) is 0 Å². The van der Waals surface area contributed by atoms with Gasteiger partial charge in [0.1, 0.15) is 0 Å². The lowest BCUT2D eigenvalue weighted by atomic mass is 9.86. The lowest BCUT2D eigenvalue weighted by Crippen LogP contribution is -2.54. The normalized spacial score (nSPS) is 13.1. The molecule has 16 heavy (non-hydrogen) atoms. The molecule has 0 fully saturated rings. The van der Waals surface area contributed by atoms with E-state index in [4.69, 9.17) is 10.6 Å². The molecule has 1 atom stereocenters. The summed E-state index contributed by atoms with van der Waals surface area (Å²) in [5, 5.41) is 0. The van der Waals surface area contributed by atoms with Gasteiger partial charge in [0, 0.05) is 13.0 Å². The largest absolute Gasteiger partial charge is 0.374 e. The number of hydrogen-bond donors (Lipinski definition) is 2. The van der Waals surface area contributed by atoms with Gasteiger partial charge < -0.3 is 4.74 Å². The molecule has 0 aromatic heterocycles. The number of hydrazine groups is 1. The Morgan fingerprint density at radius 2 is 1.94 bits per heavy atom. The van der Waals surface area contributed by atoms with Crippen molar-refractivity contribution in [2.45, 2.75) is 65.0 Å². The Bertz CT molecular complexity index is 226. The van der Waals surface area contributed by atoms with Crippen molar-refractivity contribution in [3.8, 4) is 11.8 Å². The first-order chi connectivity index (χ1) is 7.70. The second-order valence-corrected chi connectivity index (χ2v) is 3.89. The van der Waals surface area contributed by atoms with E-state index in [-0.39, 0.29) is 11.6 Å². The fourth-order valence-corrected chi connectivity index (χ4v) is 2.17. The topological polar surface area (TPSA) is 47.3 Å². The van der Waals surface area contributed by atoms with Crippen LogP contribution >= 0.6 is 0 Å². The predicted molar refractivity (Wildman–Crippen MR) is 68.7 cm³/mol. The number of hydrogen-bond acceptors (Lipinski definition) is 3. The minimum atomic E-state index is -0.154. The highest BCUT2D eigenvalue weighted by Crippen LogP contribution is 2.27. The molecule has 0 spiro atoms. The van der Waals surface area contributed by atoms with Gasteiger partial charge in [-0.25, -0.2) is 0 Å². The summed E-state index contributed by atoms with van der Waals surface area (Å²) in [6.07, 6.45) is 3.72. The van der Waals surface area contributed by atoms with Gasteiger partial charge in [-0.3, -0.25) is 11.3 Å². The van der Waals surface area contributed by atoms with Crippen molar-refractivity contribution < 1.29 is 4.74 Å². The van der Waals surface area contributed by atoms with Crippen molar-refractivity contribution in [3.05, 3.63) is 0 Å². The van der Waals surface area contributed by atoms with Crippen LogP contribution in [0, 0.1) is 11.8 Å². The molecule has 0 aliphatic rings. The van der Waals surface area contributed by atoms with E-state index in [0.29, 0.717) is 0 Å². The van der Waals surface area contributed by atoms with Gasteiger partial charge in [-0.2, -0.15) is 0 Å². The van der Waals surface area contributed by atoms with Gasteiger partial charge in [0.2, 0.25) is 0 Å². The highest BCUT2D eigenvalue weighted by Gasteiger charge is 2.35. The van der Waals surface area contributed by atoms with Crippen LogP contribution in [0.1, 0.15) is 53.4 Å². The number of nitrogens with one attached hydrogen (secondary N) is 1. The smallest absolute Gasteiger partial charge is 0.0843 e. The van der Waals surface area contributed by atoms with Crippen LogP contribution in [0.15, 0.2) is 0 Å². The third-order valence-electron chi connectivity index (χ3n) is 3.20. The molecule has 3 heteroatoms. The molecule has 94 valence electrons. The molecule has 3 N–H and O–H groups in total. The van der Waals surface area contributed by atoms with E-state index >= 15 is 0 Å². The maximum atomic E-state index is 5.92. The molecule has 0 aliphatic carbocycles. The number of rotatable bonds is 8. The van der Waals surface area contributed by atoms with Crippen LogP contribution in [0.4, 0.5) is 0 Å². The summed E-state index contributed by atoms with van der Waals surface area (Å²) in [5.74, 6) is 11.6. The number of ether oxygens (including phenoxy) is 1. The average molecular weight is 226 g/mol. The molecule has 0 saturated carbocycles. The molecule has 0 radical (unpaired) electrons. The predicted octanol–water partition coefficient (Wildman–Crippen LogP) is 2.22. The molecule has 1 unspecified atom stereocenters. The third-order valence-corrected chi connectivity index (χ3v) is 3.20. The van der Waals surface area contributed by atoms with E-state index in [1.165, 1.54) is 0 Å². The molecular weight excluding hydrogens is 200 g/mol. The Hall–Kier alpha value is -0.560. The minimum absolute atomic E-state index is 0.154. The van der Waals surface area contributed by atoms with Crippen molar-refractivity contribution >= 4 is 0 Å². The van der Waals surface area contributed by atoms with Gasteiger partial charge in [0.05, 0.1) is 11.6 Å². The average Bonchev–Trinajstić information content (AvgIpc) is 2.32. The first-order valence-corrected chi connectivity index (χ1v) is 6.20. The van der Waals surface area contributed by atoms with Crippen LogP contribution in [0.2, 0.25) is 0 Å². The SMILES string of the molecule is CC#CCCC(NN)C(CC)(CC)OCC. The standard InChI is InChI=1S/C13H26N2O/c1-5-9-10-11-12(15-14)13(6-2,7-3)16-8-4/h12,15H,6-8,10-11,14H2,1-4H3. The Morgan fingerprint density at radius 1 is 1.31 bits per heavy atom. The highest BCUT2D eigenvalue weighted by molar-refractivity contribution is 4.98. The Kier molecular flexibility index (Phi) is 8.28. The van der Waals surface area contributed by atoms with E-state index in [1.807, 2.05) is 13.8 Å². The Balaban J connectivity index is 4.59. The van der Waals surface area contributed by atoms with E-state index in [2.05, 4.69) is 31.1 Å². The first kappa shape index (κ1) is 15.4. The lowest BCUT2D eigenvalue weighted by molar-refractivity contribution is -0.0735.